The molecule has 31 heavy (non-hydrogen) atoms. The Kier molecular flexibility index (Phi) is 7.01. The number of amides is 1. The largest absolute Gasteiger partial charge is 0.382 e. The Hall–Kier alpha value is -2.27. The SMILES string of the molecule is CCOCCCN1C(=O)/C(=C/c2c(N3CCOCC3)nc3ccccn3c2=O)SC1=S. The van der Waals surface area contributed by atoms with E-state index in [-0.39, 0.29) is 11.5 Å². The van der Waals surface area contributed by atoms with Gasteiger partial charge < -0.3 is 14.4 Å². The maximum Gasteiger partial charge on any atom is 0.267 e. The molecule has 2 aromatic rings. The molecule has 0 bridgehead atoms. The molecule has 2 aliphatic heterocycles. The van der Waals surface area contributed by atoms with Crippen LogP contribution in [0, 0.1) is 0 Å². The maximum atomic E-state index is 13.3. The highest BCUT2D eigenvalue weighted by Gasteiger charge is 2.32. The van der Waals surface area contributed by atoms with Crippen LogP contribution in [0.25, 0.3) is 11.7 Å². The van der Waals surface area contributed by atoms with E-state index < -0.39 is 0 Å². The minimum absolute atomic E-state index is 0.183. The highest BCUT2D eigenvalue weighted by Crippen LogP contribution is 2.33. The number of morpholine rings is 1. The predicted octanol–water partition coefficient (Wildman–Crippen LogP) is 2.16. The van der Waals surface area contributed by atoms with Crippen molar-refractivity contribution in [1.82, 2.24) is 14.3 Å². The highest BCUT2D eigenvalue weighted by atomic mass is 32.2. The fraction of sp³-hybridized carbons (Fsp3) is 0.429. The van der Waals surface area contributed by atoms with Crippen LogP contribution in [-0.4, -0.2) is 70.6 Å². The lowest BCUT2D eigenvalue weighted by atomic mass is 10.2. The fourth-order valence-corrected chi connectivity index (χ4v) is 4.82. The van der Waals surface area contributed by atoms with Crippen molar-refractivity contribution < 1.29 is 14.3 Å². The monoisotopic (exact) mass is 460 g/mol. The van der Waals surface area contributed by atoms with Crippen molar-refractivity contribution in [3.8, 4) is 0 Å². The number of carbonyl (C=O) groups excluding carboxylic acids is 1. The lowest BCUT2D eigenvalue weighted by Crippen LogP contribution is -2.38. The third kappa shape index (κ3) is 4.67. The Morgan fingerprint density at radius 3 is 2.87 bits per heavy atom. The third-order valence-corrected chi connectivity index (χ3v) is 6.46. The first kappa shape index (κ1) is 21.9. The molecule has 2 fully saturated rings. The zero-order chi connectivity index (χ0) is 21.8. The van der Waals surface area contributed by atoms with E-state index >= 15 is 0 Å². The van der Waals surface area contributed by atoms with Crippen molar-refractivity contribution in [3.05, 3.63) is 45.2 Å². The molecular weight excluding hydrogens is 436 g/mol. The molecule has 4 heterocycles. The van der Waals surface area contributed by atoms with E-state index in [0.717, 1.165) is 0 Å². The molecule has 8 nitrogen and oxygen atoms in total. The van der Waals surface area contributed by atoms with Crippen LogP contribution >= 0.6 is 24.0 Å². The molecule has 2 aliphatic rings. The molecule has 1 amide bonds. The molecule has 2 aromatic heterocycles. The molecule has 0 aromatic carbocycles. The number of ether oxygens (including phenoxy) is 2. The predicted molar refractivity (Wildman–Crippen MR) is 125 cm³/mol. The second kappa shape index (κ2) is 9.90. The Bertz CT molecular complexity index is 1080. The Labute approximate surface area is 189 Å². The smallest absolute Gasteiger partial charge is 0.267 e. The summed E-state index contributed by atoms with van der Waals surface area (Å²) in [6, 6.07) is 5.43. The molecule has 0 spiro atoms. The highest BCUT2D eigenvalue weighted by molar-refractivity contribution is 8.26. The van der Waals surface area contributed by atoms with Crippen molar-refractivity contribution in [1.29, 1.82) is 0 Å². The second-order valence-electron chi connectivity index (χ2n) is 7.07. The lowest BCUT2D eigenvalue weighted by Gasteiger charge is -2.29. The van der Waals surface area contributed by atoms with Gasteiger partial charge in [-0.05, 0) is 31.6 Å². The van der Waals surface area contributed by atoms with Gasteiger partial charge in [0.25, 0.3) is 11.5 Å². The van der Waals surface area contributed by atoms with Gasteiger partial charge in [-0.25, -0.2) is 4.98 Å². The third-order valence-electron chi connectivity index (χ3n) is 5.08. The maximum absolute atomic E-state index is 13.3. The van der Waals surface area contributed by atoms with Gasteiger partial charge in [-0.3, -0.25) is 18.9 Å². The van der Waals surface area contributed by atoms with E-state index in [0.29, 0.717) is 78.7 Å². The molecule has 4 rings (SSSR count). The van der Waals surface area contributed by atoms with Crippen LogP contribution in [0.1, 0.15) is 18.9 Å². The van der Waals surface area contributed by atoms with E-state index in [1.807, 2.05) is 17.9 Å². The Morgan fingerprint density at radius 1 is 1.29 bits per heavy atom. The van der Waals surface area contributed by atoms with Crippen molar-refractivity contribution in [2.75, 3.05) is 51.0 Å². The molecule has 164 valence electrons. The second-order valence-corrected chi connectivity index (χ2v) is 8.74. The first-order chi connectivity index (χ1) is 15.1. The van der Waals surface area contributed by atoms with Gasteiger partial charge >= 0.3 is 0 Å². The number of thiocarbonyl (C=S) groups is 1. The summed E-state index contributed by atoms with van der Waals surface area (Å²) in [5.41, 5.74) is 0.740. The average molecular weight is 461 g/mol. The summed E-state index contributed by atoms with van der Waals surface area (Å²) < 4.78 is 12.8. The molecule has 2 saturated heterocycles. The van der Waals surface area contributed by atoms with Gasteiger partial charge in [-0.15, -0.1) is 0 Å². The average Bonchev–Trinajstić information content (AvgIpc) is 3.06. The standard InChI is InChI=1S/C21H24N4O4S2/c1-2-28-11-5-8-25-20(27)16(31-21(25)30)14-15-18(23-9-12-29-13-10-23)22-17-6-3-4-7-24(17)19(15)26/h3-4,6-7,14H,2,5,8-13H2,1H3/b16-14-. The minimum atomic E-state index is -0.214. The molecule has 0 N–H and O–H groups in total. The fourth-order valence-electron chi connectivity index (χ4n) is 3.53. The summed E-state index contributed by atoms with van der Waals surface area (Å²) in [4.78, 5) is 35.1. The summed E-state index contributed by atoms with van der Waals surface area (Å²) in [6.07, 6.45) is 4.03. The van der Waals surface area contributed by atoms with Gasteiger partial charge in [0.1, 0.15) is 15.8 Å². The summed E-state index contributed by atoms with van der Waals surface area (Å²) in [6.45, 7) is 6.04. The topological polar surface area (TPSA) is 76.4 Å². The minimum Gasteiger partial charge on any atom is -0.382 e. The first-order valence-corrected chi connectivity index (χ1v) is 11.5. The number of rotatable bonds is 7. The molecule has 0 radical (unpaired) electrons. The Morgan fingerprint density at radius 2 is 2.10 bits per heavy atom. The Balaban J connectivity index is 1.70. The van der Waals surface area contributed by atoms with E-state index in [1.165, 1.54) is 16.2 Å². The van der Waals surface area contributed by atoms with Crippen LogP contribution in [-0.2, 0) is 14.3 Å². The summed E-state index contributed by atoms with van der Waals surface area (Å²) in [7, 11) is 0. The van der Waals surface area contributed by atoms with Crippen LogP contribution in [0.4, 0.5) is 5.82 Å². The van der Waals surface area contributed by atoms with E-state index in [4.69, 9.17) is 26.7 Å². The number of aromatic nitrogens is 2. The number of nitrogens with zero attached hydrogens (tertiary/aromatic N) is 4. The van der Waals surface area contributed by atoms with Crippen molar-refractivity contribution in [3.63, 3.8) is 0 Å². The zero-order valence-corrected chi connectivity index (χ0v) is 18.9. The van der Waals surface area contributed by atoms with Gasteiger partial charge in [-0.1, -0.05) is 30.0 Å². The molecular formula is C21H24N4O4S2. The van der Waals surface area contributed by atoms with Gasteiger partial charge in [0, 0.05) is 39.0 Å². The van der Waals surface area contributed by atoms with Crippen LogP contribution in [0.3, 0.4) is 0 Å². The van der Waals surface area contributed by atoms with E-state index in [2.05, 4.69) is 0 Å². The first-order valence-electron chi connectivity index (χ1n) is 10.3. The quantitative estimate of drug-likeness (QED) is 0.354. The van der Waals surface area contributed by atoms with E-state index in [9.17, 15) is 9.59 Å². The van der Waals surface area contributed by atoms with Gasteiger partial charge in [0.15, 0.2) is 0 Å². The van der Waals surface area contributed by atoms with Crippen LogP contribution in [0.5, 0.6) is 0 Å². The van der Waals surface area contributed by atoms with E-state index in [1.54, 1.807) is 29.3 Å². The zero-order valence-electron chi connectivity index (χ0n) is 17.3. The van der Waals surface area contributed by atoms with Crippen LogP contribution in [0.2, 0.25) is 0 Å². The lowest BCUT2D eigenvalue weighted by molar-refractivity contribution is -0.122. The van der Waals surface area contributed by atoms with Crippen LogP contribution in [0.15, 0.2) is 34.1 Å². The summed E-state index contributed by atoms with van der Waals surface area (Å²) >= 11 is 6.64. The van der Waals surface area contributed by atoms with Crippen molar-refractivity contribution in [2.24, 2.45) is 0 Å². The molecule has 10 heteroatoms. The van der Waals surface area contributed by atoms with Crippen LogP contribution < -0.4 is 10.5 Å². The van der Waals surface area contributed by atoms with Gasteiger partial charge in [0.2, 0.25) is 0 Å². The molecule has 0 aliphatic carbocycles. The normalized spacial score (nSPS) is 18.5. The van der Waals surface area contributed by atoms with Crippen molar-refractivity contribution >= 4 is 51.7 Å². The summed E-state index contributed by atoms with van der Waals surface area (Å²) in [5, 5.41) is 0. The number of fused-ring (bicyclic) bond motifs is 1. The number of anilines is 1. The molecule has 0 saturated carbocycles. The number of thioether (sulfide) groups is 1. The number of pyridine rings is 1. The number of hydrogen-bond acceptors (Lipinski definition) is 8. The molecule has 0 unspecified atom stereocenters. The van der Waals surface area contributed by atoms with Gasteiger partial charge in [-0.2, -0.15) is 0 Å². The number of carbonyl (C=O) groups is 1. The molecule has 0 atom stereocenters. The summed E-state index contributed by atoms with van der Waals surface area (Å²) in [5.74, 6) is 0.387. The number of hydrogen-bond donors (Lipinski definition) is 0. The van der Waals surface area contributed by atoms with Crippen molar-refractivity contribution in [2.45, 2.75) is 13.3 Å². The van der Waals surface area contributed by atoms with Gasteiger partial charge in [0.05, 0.1) is 23.7 Å².